The SMILES string of the molecule is Cc1ccc(C(N)=O)c(OS(=O)(=O)c2ccc3[nH]c(=O)[nH]c(=O)c3c2)c1. The topological polar surface area (TPSA) is 152 Å². The maximum atomic E-state index is 12.6. The first kappa shape index (κ1) is 17.4. The molecule has 0 spiro atoms. The molecule has 4 N–H and O–H groups in total. The van der Waals surface area contributed by atoms with Gasteiger partial charge in [-0.05, 0) is 42.8 Å². The predicted molar refractivity (Wildman–Crippen MR) is 92.7 cm³/mol. The Morgan fingerprint density at radius 1 is 1.08 bits per heavy atom. The lowest BCUT2D eigenvalue weighted by molar-refractivity contribution is 0.0999. The Morgan fingerprint density at radius 3 is 2.50 bits per heavy atom. The van der Waals surface area contributed by atoms with E-state index < -0.39 is 27.3 Å². The van der Waals surface area contributed by atoms with Gasteiger partial charge < -0.3 is 14.9 Å². The van der Waals surface area contributed by atoms with E-state index in [2.05, 4.69) is 4.98 Å². The number of H-pyrrole nitrogens is 2. The van der Waals surface area contributed by atoms with E-state index in [0.29, 0.717) is 5.56 Å². The van der Waals surface area contributed by atoms with Crippen molar-refractivity contribution in [3.05, 3.63) is 68.4 Å². The summed E-state index contributed by atoms with van der Waals surface area (Å²) < 4.78 is 30.2. The molecule has 134 valence electrons. The Hall–Kier alpha value is -3.40. The number of rotatable bonds is 4. The van der Waals surface area contributed by atoms with Crippen LogP contribution in [0.4, 0.5) is 0 Å². The van der Waals surface area contributed by atoms with Gasteiger partial charge in [0.05, 0.1) is 16.5 Å². The molecule has 0 bridgehead atoms. The maximum absolute atomic E-state index is 12.6. The number of fused-ring (bicyclic) bond motifs is 1. The second-order valence-electron chi connectivity index (χ2n) is 5.52. The van der Waals surface area contributed by atoms with Crippen LogP contribution >= 0.6 is 0 Å². The van der Waals surface area contributed by atoms with Crippen LogP contribution in [0.3, 0.4) is 0 Å². The van der Waals surface area contributed by atoms with Crippen molar-refractivity contribution in [1.82, 2.24) is 9.97 Å². The Bertz CT molecular complexity index is 1260. The van der Waals surface area contributed by atoms with Gasteiger partial charge in [-0.25, -0.2) is 4.79 Å². The first-order valence-electron chi connectivity index (χ1n) is 7.29. The van der Waals surface area contributed by atoms with Crippen molar-refractivity contribution < 1.29 is 17.4 Å². The molecule has 0 aliphatic rings. The highest BCUT2D eigenvalue weighted by Crippen LogP contribution is 2.25. The fraction of sp³-hybridized carbons (Fsp3) is 0.0625. The summed E-state index contributed by atoms with van der Waals surface area (Å²) >= 11 is 0. The summed E-state index contributed by atoms with van der Waals surface area (Å²) in [5, 5.41) is -0.0337. The highest BCUT2D eigenvalue weighted by atomic mass is 32.2. The normalized spacial score (nSPS) is 11.4. The number of aromatic amines is 2. The number of carbonyl (C=O) groups is 1. The Kier molecular flexibility index (Phi) is 4.12. The van der Waals surface area contributed by atoms with Gasteiger partial charge in [-0.15, -0.1) is 0 Å². The molecule has 0 aliphatic carbocycles. The molecule has 0 fully saturated rings. The van der Waals surface area contributed by atoms with E-state index in [0.717, 1.165) is 6.07 Å². The summed E-state index contributed by atoms with van der Waals surface area (Å²) in [6, 6.07) is 7.83. The molecule has 0 aliphatic heterocycles. The van der Waals surface area contributed by atoms with Crippen LogP contribution in [0.25, 0.3) is 10.9 Å². The van der Waals surface area contributed by atoms with Crippen LogP contribution < -0.4 is 21.2 Å². The number of primary amides is 1. The second kappa shape index (κ2) is 6.15. The van der Waals surface area contributed by atoms with Crippen molar-refractivity contribution >= 4 is 26.9 Å². The van der Waals surface area contributed by atoms with E-state index in [1.54, 1.807) is 13.0 Å². The van der Waals surface area contributed by atoms with Gasteiger partial charge in [0.2, 0.25) is 0 Å². The Labute approximate surface area is 146 Å². The van der Waals surface area contributed by atoms with Gasteiger partial charge in [0.1, 0.15) is 4.90 Å². The number of nitrogens with one attached hydrogen (secondary N) is 2. The smallest absolute Gasteiger partial charge is 0.339 e. The zero-order valence-corrected chi connectivity index (χ0v) is 14.2. The van der Waals surface area contributed by atoms with Crippen LogP contribution in [0.2, 0.25) is 0 Å². The summed E-state index contributed by atoms with van der Waals surface area (Å²) in [7, 11) is -4.36. The van der Waals surface area contributed by atoms with Gasteiger partial charge in [-0.1, -0.05) is 6.07 Å². The van der Waals surface area contributed by atoms with E-state index in [-0.39, 0.29) is 27.1 Å². The first-order chi connectivity index (χ1) is 12.2. The molecule has 26 heavy (non-hydrogen) atoms. The van der Waals surface area contributed by atoms with Crippen molar-refractivity contribution in [1.29, 1.82) is 0 Å². The highest BCUT2D eigenvalue weighted by molar-refractivity contribution is 7.87. The number of benzene rings is 2. The number of hydrogen-bond acceptors (Lipinski definition) is 6. The minimum Gasteiger partial charge on any atom is -0.378 e. The van der Waals surface area contributed by atoms with Crippen molar-refractivity contribution in [3.8, 4) is 5.75 Å². The van der Waals surface area contributed by atoms with Crippen LogP contribution in [-0.2, 0) is 10.1 Å². The molecule has 10 heteroatoms. The zero-order chi connectivity index (χ0) is 19.1. The third kappa shape index (κ3) is 3.22. The third-order valence-electron chi connectivity index (χ3n) is 3.60. The van der Waals surface area contributed by atoms with E-state index in [4.69, 9.17) is 9.92 Å². The molecule has 3 rings (SSSR count). The van der Waals surface area contributed by atoms with E-state index in [9.17, 15) is 22.8 Å². The monoisotopic (exact) mass is 375 g/mol. The lowest BCUT2D eigenvalue weighted by Crippen LogP contribution is -2.22. The van der Waals surface area contributed by atoms with Gasteiger partial charge in [0, 0.05) is 0 Å². The first-order valence-corrected chi connectivity index (χ1v) is 8.69. The van der Waals surface area contributed by atoms with Gasteiger partial charge in [-0.2, -0.15) is 8.42 Å². The molecular formula is C16H13N3O6S. The summed E-state index contributed by atoms with van der Waals surface area (Å²) in [5.41, 5.74) is 4.53. The molecule has 9 nitrogen and oxygen atoms in total. The van der Waals surface area contributed by atoms with Gasteiger partial charge in [-0.3, -0.25) is 14.6 Å². The summed E-state index contributed by atoms with van der Waals surface area (Å²) in [4.78, 5) is 38.7. The molecule has 0 unspecified atom stereocenters. The number of amides is 1. The molecule has 1 aromatic heterocycles. The quantitative estimate of drug-likeness (QED) is 0.561. The average Bonchev–Trinajstić information content (AvgIpc) is 2.53. The molecule has 0 radical (unpaired) electrons. The lowest BCUT2D eigenvalue weighted by atomic mass is 10.1. The van der Waals surface area contributed by atoms with E-state index in [1.807, 2.05) is 4.98 Å². The van der Waals surface area contributed by atoms with Crippen LogP contribution in [0.5, 0.6) is 5.75 Å². The molecule has 1 amide bonds. The third-order valence-corrected chi connectivity index (χ3v) is 4.83. The fourth-order valence-electron chi connectivity index (χ4n) is 2.37. The molecule has 2 aromatic carbocycles. The van der Waals surface area contributed by atoms with Gasteiger partial charge in [0.15, 0.2) is 5.75 Å². The molecule has 0 saturated carbocycles. The number of aromatic nitrogens is 2. The Balaban J connectivity index is 2.11. The van der Waals surface area contributed by atoms with E-state index in [1.165, 1.54) is 24.3 Å². The summed E-state index contributed by atoms with van der Waals surface area (Å²) in [6.45, 7) is 1.69. The molecule has 0 saturated heterocycles. The fourth-order valence-corrected chi connectivity index (χ4v) is 3.34. The number of hydrogen-bond donors (Lipinski definition) is 3. The molecule has 0 atom stereocenters. The number of carbonyl (C=O) groups excluding carboxylic acids is 1. The zero-order valence-electron chi connectivity index (χ0n) is 13.4. The maximum Gasteiger partial charge on any atom is 0.339 e. The summed E-state index contributed by atoms with van der Waals surface area (Å²) in [5.74, 6) is -1.06. The minimum absolute atomic E-state index is 0.0337. The lowest BCUT2D eigenvalue weighted by Gasteiger charge is -2.11. The van der Waals surface area contributed by atoms with Crippen molar-refractivity contribution in [2.24, 2.45) is 5.73 Å². The standard InChI is InChI=1S/C16H13N3O6S/c1-8-2-4-10(14(17)20)13(6-8)25-26(23,24)9-3-5-12-11(7-9)15(21)19-16(22)18-12/h2-7H,1H3,(H2,17,20)(H2,18,19,21,22). The van der Waals surface area contributed by atoms with Crippen molar-refractivity contribution in [2.75, 3.05) is 0 Å². The van der Waals surface area contributed by atoms with Gasteiger partial charge >= 0.3 is 15.8 Å². The second-order valence-corrected chi connectivity index (χ2v) is 7.06. The molecule has 1 heterocycles. The largest absolute Gasteiger partial charge is 0.378 e. The Morgan fingerprint density at radius 2 is 1.81 bits per heavy atom. The molecule has 3 aromatic rings. The highest BCUT2D eigenvalue weighted by Gasteiger charge is 2.21. The number of nitrogens with two attached hydrogens (primary N) is 1. The minimum atomic E-state index is -4.36. The van der Waals surface area contributed by atoms with Crippen LogP contribution in [0.15, 0.2) is 50.9 Å². The van der Waals surface area contributed by atoms with E-state index >= 15 is 0 Å². The van der Waals surface area contributed by atoms with Crippen molar-refractivity contribution in [3.63, 3.8) is 0 Å². The predicted octanol–water partition coefficient (Wildman–Crippen LogP) is 0.391. The average molecular weight is 375 g/mol. The molecular weight excluding hydrogens is 362 g/mol. The van der Waals surface area contributed by atoms with Crippen LogP contribution in [-0.4, -0.2) is 24.3 Å². The van der Waals surface area contributed by atoms with Crippen molar-refractivity contribution in [2.45, 2.75) is 11.8 Å². The van der Waals surface area contributed by atoms with Gasteiger partial charge in [0.25, 0.3) is 11.5 Å². The van der Waals surface area contributed by atoms with Crippen LogP contribution in [0, 0.1) is 6.92 Å². The summed E-state index contributed by atoms with van der Waals surface area (Å²) in [6.07, 6.45) is 0. The number of aryl methyl sites for hydroxylation is 1. The van der Waals surface area contributed by atoms with Crippen LogP contribution in [0.1, 0.15) is 15.9 Å².